The van der Waals surface area contributed by atoms with E-state index in [2.05, 4.69) is 0 Å². The van der Waals surface area contributed by atoms with Crippen LogP contribution < -0.4 is 0 Å². The Morgan fingerprint density at radius 3 is 2.41 bits per heavy atom. The maximum Gasteiger partial charge on any atom is 0.334 e. The molecule has 1 N–H and O–H groups in total. The molecule has 0 unspecified atom stereocenters. The van der Waals surface area contributed by atoms with E-state index in [0.29, 0.717) is 12.2 Å². The summed E-state index contributed by atoms with van der Waals surface area (Å²) in [6.45, 7) is 8.28. The number of hydrogen-bond acceptors (Lipinski definition) is 3. The van der Waals surface area contributed by atoms with Crippen LogP contribution in [0, 0.1) is 5.92 Å². The van der Waals surface area contributed by atoms with Crippen molar-refractivity contribution in [3.63, 3.8) is 0 Å². The molecule has 1 aliphatic carbocycles. The summed E-state index contributed by atoms with van der Waals surface area (Å²) >= 11 is 0. The number of esters is 1. The lowest BCUT2D eigenvalue weighted by Gasteiger charge is -2.20. The number of aliphatic hydroxyl groups excluding tert-OH is 1. The van der Waals surface area contributed by atoms with E-state index in [1.54, 1.807) is 6.08 Å². The number of hydrogen-bond donors (Lipinski definition) is 1. The Morgan fingerprint density at radius 2 is 1.86 bits per heavy atom. The number of aliphatic hydroxyl groups is 1. The van der Waals surface area contributed by atoms with Gasteiger partial charge in [-0.3, -0.25) is 0 Å². The Bertz CT molecular complexity index is 592. The number of carbonyl (C=O) groups is 1. The standard InChI is InChI=1S/C19H24O3/c1-12(2)11-22-19(21)16-10-15(13(3)4)18(20)17(16)14-8-6-5-7-9-14/h5-10,12,17-18,20H,11H2,1-4H3/t17-,18+/m0/s1. The van der Waals surface area contributed by atoms with E-state index >= 15 is 0 Å². The summed E-state index contributed by atoms with van der Waals surface area (Å²) in [5.74, 6) is -0.405. The van der Waals surface area contributed by atoms with Gasteiger partial charge >= 0.3 is 5.97 Å². The molecule has 0 spiro atoms. The Hall–Kier alpha value is -1.87. The normalized spacial score (nSPS) is 21.0. The SMILES string of the molecule is CC(C)=C1C=C(C(=O)OCC(C)C)[C@H](c2ccccc2)[C@@H]1O. The smallest absolute Gasteiger partial charge is 0.334 e. The monoisotopic (exact) mass is 300 g/mol. The summed E-state index contributed by atoms with van der Waals surface area (Å²) < 4.78 is 5.37. The second-order valence-electron chi connectivity index (χ2n) is 6.38. The molecule has 1 aromatic rings. The number of benzene rings is 1. The summed E-state index contributed by atoms with van der Waals surface area (Å²) in [6, 6.07) is 9.63. The number of carbonyl (C=O) groups excluding carboxylic acids is 1. The quantitative estimate of drug-likeness (QED) is 0.864. The van der Waals surface area contributed by atoms with Gasteiger partial charge in [-0.25, -0.2) is 4.79 Å². The minimum atomic E-state index is -0.700. The fraction of sp³-hybridized carbons (Fsp3) is 0.421. The van der Waals surface area contributed by atoms with Crippen molar-refractivity contribution in [2.75, 3.05) is 6.61 Å². The average Bonchev–Trinajstić information content (AvgIpc) is 2.83. The van der Waals surface area contributed by atoms with Crippen LogP contribution in [0.15, 0.2) is 53.1 Å². The van der Waals surface area contributed by atoms with E-state index in [1.807, 2.05) is 58.0 Å². The van der Waals surface area contributed by atoms with Crippen molar-refractivity contribution in [2.45, 2.75) is 39.7 Å². The van der Waals surface area contributed by atoms with Crippen LogP contribution in [0.4, 0.5) is 0 Å². The molecule has 0 saturated carbocycles. The molecule has 0 radical (unpaired) electrons. The summed E-state index contributed by atoms with van der Waals surface area (Å²) in [7, 11) is 0. The summed E-state index contributed by atoms with van der Waals surface area (Å²) in [4.78, 5) is 12.4. The van der Waals surface area contributed by atoms with Gasteiger partial charge in [-0.1, -0.05) is 49.8 Å². The third-order valence-corrected chi connectivity index (χ3v) is 3.80. The van der Waals surface area contributed by atoms with Crippen LogP contribution >= 0.6 is 0 Å². The van der Waals surface area contributed by atoms with Gasteiger partial charge in [-0.2, -0.15) is 0 Å². The minimum Gasteiger partial charge on any atom is -0.462 e. The van der Waals surface area contributed by atoms with Crippen molar-refractivity contribution in [2.24, 2.45) is 5.92 Å². The van der Waals surface area contributed by atoms with Gasteiger partial charge < -0.3 is 9.84 Å². The molecule has 0 fully saturated rings. The zero-order valence-corrected chi connectivity index (χ0v) is 13.7. The number of allylic oxidation sites excluding steroid dienone is 1. The molecule has 1 aliphatic rings. The van der Waals surface area contributed by atoms with Gasteiger partial charge in [0, 0.05) is 11.5 Å². The molecule has 0 amide bonds. The Kier molecular flexibility index (Phi) is 5.19. The van der Waals surface area contributed by atoms with Crippen LogP contribution in [0.2, 0.25) is 0 Å². The molecule has 3 nitrogen and oxygen atoms in total. The van der Waals surface area contributed by atoms with E-state index in [1.165, 1.54) is 0 Å². The fourth-order valence-corrected chi connectivity index (χ4v) is 2.67. The van der Waals surface area contributed by atoms with Crippen molar-refractivity contribution in [3.05, 3.63) is 58.7 Å². The largest absolute Gasteiger partial charge is 0.462 e. The van der Waals surface area contributed by atoms with Crippen LogP contribution in [-0.4, -0.2) is 23.8 Å². The highest BCUT2D eigenvalue weighted by Gasteiger charge is 2.37. The van der Waals surface area contributed by atoms with Crippen molar-refractivity contribution in [1.29, 1.82) is 0 Å². The zero-order chi connectivity index (χ0) is 16.3. The van der Waals surface area contributed by atoms with E-state index in [-0.39, 0.29) is 17.8 Å². The van der Waals surface area contributed by atoms with Crippen LogP contribution in [0.1, 0.15) is 39.2 Å². The molecule has 2 atom stereocenters. The predicted octanol–water partition coefficient (Wildman–Crippen LogP) is 3.61. The van der Waals surface area contributed by atoms with Gasteiger partial charge in [0.2, 0.25) is 0 Å². The molecule has 118 valence electrons. The molecule has 2 rings (SSSR count). The number of rotatable bonds is 4. The van der Waals surface area contributed by atoms with Crippen LogP contribution in [0.5, 0.6) is 0 Å². The summed E-state index contributed by atoms with van der Waals surface area (Å²) in [5, 5.41) is 10.7. The van der Waals surface area contributed by atoms with Crippen molar-refractivity contribution >= 4 is 5.97 Å². The van der Waals surface area contributed by atoms with Crippen molar-refractivity contribution < 1.29 is 14.6 Å². The lowest BCUT2D eigenvalue weighted by atomic mass is 9.89. The first-order chi connectivity index (χ1) is 10.4. The molecule has 0 bridgehead atoms. The molecule has 3 heteroatoms. The van der Waals surface area contributed by atoms with Crippen LogP contribution in [0.25, 0.3) is 0 Å². The maximum atomic E-state index is 12.4. The van der Waals surface area contributed by atoms with Gasteiger partial charge in [0.15, 0.2) is 0 Å². The third kappa shape index (κ3) is 3.47. The molecular formula is C19H24O3. The second-order valence-corrected chi connectivity index (χ2v) is 6.38. The first-order valence-electron chi connectivity index (χ1n) is 7.71. The Balaban J connectivity index is 2.36. The lowest BCUT2D eigenvalue weighted by molar-refractivity contribution is -0.140. The molecule has 22 heavy (non-hydrogen) atoms. The Morgan fingerprint density at radius 1 is 1.23 bits per heavy atom. The lowest BCUT2D eigenvalue weighted by Crippen LogP contribution is -2.22. The van der Waals surface area contributed by atoms with Crippen LogP contribution in [0.3, 0.4) is 0 Å². The molecular weight excluding hydrogens is 276 g/mol. The maximum absolute atomic E-state index is 12.4. The van der Waals surface area contributed by atoms with Crippen molar-refractivity contribution in [1.82, 2.24) is 0 Å². The van der Waals surface area contributed by atoms with E-state index in [4.69, 9.17) is 4.74 Å². The molecule has 0 aromatic heterocycles. The van der Waals surface area contributed by atoms with Crippen molar-refractivity contribution in [3.8, 4) is 0 Å². The Labute approximate surface area is 132 Å². The average molecular weight is 300 g/mol. The summed E-state index contributed by atoms with van der Waals surface area (Å²) in [5.41, 5.74) is 3.29. The number of ether oxygens (including phenoxy) is 1. The molecule has 0 aliphatic heterocycles. The highest BCUT2D eigenvalue weighted by molar-refractivity contribution is 5.92. The first kappa shape index (κ1) is 16.5. The fourth-order valence-electron chi connectivity index (χ4n) is 2.67. The minimum absolute atomic E-state index is 0.286. The third-order valence-electron chi connectivity index (χ3n) is 3.80. The molecule has 0 heterocycles. The van der Waals surface area contributed by atoms with E-state index in [0.717, 1.165) is 16.7 Å². The summed E-state index contributed by atoms with van der Waals surface area (Å²) in [6.07, 6.45) is 1.09. The van der Waals surface area contributed by atoms with E-state index in [9.17, 15) is 9.90 Å². The second kappa shape index (κ2) is 6.93. The van der Waals surface area contributed by atoms with Gasteiger partial charge in [0.05, 0.1) is 12.7 Å². The topological polar surface area (TPSA) is 46.5 Å². The highest BCUT2D eigenvalue weighted by atomic mass is 16.5. The molecule has 1 aromatic carbocycles. The first-order valence-corrected chi connectivity index (χ1v) is 7.71. The van der Waals surface area contributed by atoms with Gasteiger partial charge in [0.25, 0.3) is 0 Å². The van der Waals surface area contributed by atoms with Crippen LogP contribution in [-0.2, 0) is 9.53 Å². The van der Waals surface area contributed by atoms with Gasteiger partial charge in [-0.05, 0) is 37.0 Å². The van der Waals surface area contributed by atoms with Gasteiger partial charge in [0.1, 0.15) is 0 Å². The molecule has 0 saturated heterocycles. The van der Waals surface area contributed by atoms with E-state index < -0.39 is 6.10 Å². The highest BCUT2D eigenvalue weighted by Crippen LogP contribution is 2.40. The van der Waals surface area contributed by atoms with Gasteiger partial charge in [-0.15, -0.1) is 0 Å². The predicted molar refractivity (Wildman–Crippen MR) is 87.4 cm³/mol. The zero-order valence-electron chi connectivity index (χ0n) is 13.7.